The Bertz CT molecular complexity index is 1060. The monoisotopic (exact) mass is 494 g/mol. The molecule has 0 aromatic heterocycles. The van der Waals surface area contributed by atoms with E-state index in [2.05, 4.69) is 5.32 Å². The maximum Gasteiger partial charge on any atom is 0.243 e. The van der Waals surface area contributed by atoms with Gasteiger partial charge in [0.05, 0.1) is 5.75 Å². The summed E-state index contributed by atoms with van der Waals surface area (Å²) in [5, 5.41) is 3.69. The summed E-state index contributed by atoms with van der Waals surface area (Å²) in [7, 11) is 0. The van der Waals surface area contributed by atoms with Gasteiger partial charge in [-0.1, -0.05) is 79.2 Å². The van der Waals surface area contributed by atoms with Gasteiger partial charge >= 0.3 is 0 Å². The first-order valence-corrected chi connectivity index (χ1v) is 12.9. The third kappa shape index (κ3) is 7.93. The van der Waals surface area contributed by atoms with Crippen molar-refractivity contribution in [3.05, 3.63) is 101 Å². The standard InChI is InChI=1S/C28H31ClN2O2S/c1-3-21(2)30-28(33)26(18-22-11-6-4-7-12-22)31(19-23-13-10-14-24(29)17-23)27(32)20-34-25-15-8-5-9-16-25/h4-17,21,26H,3,18-20H2,1-2H3,(H,30,33)/t21-,26+/m0/s1. The number of benzene rings is 3. The van der Waals surface area contributed by atoms with E-state index in [1.165, 1.54) is 11.8 Å². The summed E-state index contributed by atoms with van der Waals surface area (Å²) < 4.78 is 0. The van der Waals surface area contributed by atoms with E-state index in [0.29, 0.717) is 18.0 Å². The highest BCUT2D eigenvalue weighted by atomic mass is 35.5. The smallest absolute Gasteiger partial charge is 0.243 e. The first kappa shape index (κ1) is 25.9. The number of nitrogens with one attached hydrogen (secondary N) is 1. The molecule has 0 saturated carbocycles. The van der Waals surface area contributed by atoms with E-state index in [9.17, 15) is 9.59 Å². The number of nitrogens with zero attached hydrogens (tertiary/aromatic N) is 1. The van der Waals surface area contributed by atoms with Gasteiger partial charge in [0.2, 0.25) is 11.8 Å². The van der Waals surface area contributed by atoms with Crippen LogP contribution in [0.2, 0.25) is 5.02 Å². The van der Waals surface area contributed by atoms with Crippen molar-refractivity contribution < 1.29 is 9.59 Å². The lowest BCUT2D eigenvalue weighted by atomic mass is 10.0. The highest BCUT2D eigenvalue weighted by molar-refractivity contribution is 8.00. The van der Waals surface area contributed by atoms with Crippen LogP contribution < -0.4 is 5.32 Å². The van der Waals surface area contributed by atoms with Crippen molar-refractivity contribution in [2.75, 3.05) is 5.75 Å². The zero-order valence-corrected chi connectivity index (χ0v) is 21.2. The molecule has 0 spiro atoms. The Morgan fingerprint density at radius 1 is 0.941 bits per heavy atom. The van der Waals surface area contributed by atoms with Gasteiger partial charge in [0.15, 0.2) is 0 Å². The first-order valence-electron chi connectivity index (χ1n) is 11.5. The van der Waals surface area contributed by atoms with Crippen molar-refractivity contribution in [2.45, 2.75) is 50.2 Å². The van der Waals surface area contributed by atoms with Gasteiger partial charge in [0.25, 0.3) is 0 Å². The molecule has 2 amide bonds. The van der Waals surface area contributed by atoms with Crippen LogP contribution >= 0.6 is 23.4 Å². The van der Waals surface area contributed by atoms with Crippen molar-refractivity contribution in [1.82, 2.24) is 10.2 Å². The van der Waals surface area contributed by atoms with Gasteiger partial charge in [-0.25, -0.2) is 0 Å². The van der Waals surface area contributed by atoms with Crippen molar-refractivity contribution in [2.24, 2.45) is 0 Å². The molecule has 0 saturated heterocycles. The third-order valence-electron chi connectivity index (χ3n) is 5.62. The normalized spacial score (nSPS) is 12.6. The van der Waals surface area contributed by atoms with Crippen LogP contribution in [-0.2, 0) is 22.6 Å². The Morgan fingerprint density at radius 2 is 1.59 bits per heavy atom. The molecule has 3 aromatic carbocycles. The Kier molecular flexibility index (Phi) is 10.0. The Morgan fingerprint density at radius 3 is 2.24 bits per heavy atom. The number of amides is 2. The largest absolute Gasteiger partial charge is 0.352 e. The second kappa shape index (κ2) is 13.2. The lowest BCUT2D eigenvalue weighted by molar-refractivity contribution is -0.139. The number of carbonyl (C=O) groups is 2. The van der Waals surface area contributed by atoms with E-state index < -0.39 is 6.04 Å². The van der Waals surface area contributed by atoms with E-state index in [1.807, 2.05) is 92.7 Å². The minimum Gasteiger partial charge on any atom is -0.352 e. The third-order valence-corrected chi connectivity index (χ3v) is 6.85. The lowest BCUT2D eigenvalue weighted by Gasteiger charge is -2.32. The van der Waals surface area contributed by atoms with Crippen LogP contribution in [0.1, 0.15) is 31.4 Å². The van der Waals surface area contributed by atoms with Crippen molar-refractivity contribution in [1.29, 1.82) is 0 Å². The van der Waals surface area contributed by atoms with Crippen LogP contribution in [0.4, 0.5) is 0 Å². The number of halogens is 1. The number of carbonyl (C=O) groups excluding carboxylic acids is 2. The fourth-order valence-electron chi connectivity index (χ4n) is 3.57. The molecule has 1 N–H and O–H groups in total. The summed E-state index contributed by atoms with van der Waals surface area (Å²) >= 11 is 7.70. The number of rotatable bonds is 11. The van der Waals surface area contributed by atoms with E-state index in [4.69, 9.17) is 11.6 Å². The average Bonchev–Trinajstić information content (AvgIpc) is 2.85. The predicted molar refractivity (Wildman–Crippen MR) is 141 cm³/mol. The Balaban J connectivity index is 1.91. The van der Waals surface area contributed by atoms with Crippen LogP contribution in [0.3, 0.4) is 0 Å². The molecule has 0 unspecified atom stereocenters. The topological polar surface area (TPSA) is 49.4 Å². The summed E-state index contributed by atoms with van der Waals surface area (Å²) in [6.45, 7) is 4.31. The van der Waals surface area contributed by atoms with Gasteiger partial charge in [0, 0.05) is 28.9 Å². The fourth-order valence-corrected chi connectivity index (χ4v) is 4.59. The van der Waals surface area contributed by atoms with Crippen LogP contribution in [0.5, 0.6) is 0 Å². The minimum atomic E-state index is -0.640. The Hall–Kier alpha value is -2.76. The SMILES string of the molecule is CC[C@H](C)NC(=O)[C@@H](Cc1ccccc1)N(Cc1cccc(Cl)c1)C(=O)CSc1ccccc1. The average molecular weight is 495 g/mol. The summed E-state index contributed by atoms with van der Waals surface area (Å²) in [4.78, 5) is 29.8. The molecular weight excluding hydrogens is 464 g/mol. The molecule has 3 rings (SSSR count). The van der Waals surface area contributed by atoms with Gasteiger partial charge in [-0.2, -0.15) is 0 Å². The summed E-state index contributed by atoms with van der Waals surface area (Å²) in [6, 6.07) is 26.5. The molecule has 0 heterocycles. The number of thioether (sulfide) groups is 1. The van der Waals surface area contributed by atoms with Crippen molar-refractivity contribution in [3.63, 3.8) is 0 Å². The van der Waals surface area contributed by atoms with Gasteiger partial charge in [-0.15, -0.1) is 11.8 Å². The van der Waals surface area contributed by atoms with E-state index >= 15 is 0 Å². The molecule has 6 heteroatoms. The van der Waals surface area contributed by atoms with E-state index in [0.717, 1.165) is 22.4 Å². The molecule has 0 radical (unpaired) electrons. The molecule has 34 heavy (non-hydrogen) atoms. The maximum absolute atomic E-state index is 13.6. The second-order valence-corrected chi connectivity index (χ2v) is 9.76. The minimum absolute atomic E-state index is 0.0209. The molecular formula is C28H31ClN2O2S. The van der Waals surface area contributed by atoms with E-state index in [1.54, 1.807) is 11.0 Å². The Labute approximate surface area is 211 Å². The van der Waals surface area contributed by atoms with E-state index in [-0.39, 0.29) is 23.6 Å². The first-order chi connectivity index (χ1) is 16.5. The van der Waals surface area contributed by atoms with Crippen molar-refractivity contribution >= 4 is 35.2 Å². The number of hydrogen-bond donors (Lipinski definition) is 1. The molecule has 4 nitrogen and oxygen atoms in total. The summed E-state index contributed by atoms with van der Waals surface area (Å²) in [5.41, 5.74) is 1.89. The highest BCUT2D eigenvalue weighted by Gasteiger charge is 2.31. The van der Waals surface area contributed by atoms with Crippen LogP contribution in [0.25, 0.3) is 0 Å². The van der Waals surface area contributed by atoms with Crippen molar-refractivity contribution in [3.8, 4) is 0 Å². The summed E-state index contributed by atoms with van der Waals surface area (Å²) in [6.07, 6.45) is 1.25. The van der Waals surface area contributed by atoms with Crippen LogP contribution in [0.15, 0.2) is 89.8 Å². The highest BCUT2D eigenvalue weighted by Crippen LogP contribution is 2.22. The molecule has 0 aliphatic rings. The molecule has 2 atom stereocenters. The molecule has 178 valence electrons. The quantitative estimate of drug-likeness (QED) is 0.333. The molecule has 0 fully saturated rings. The predicted octanol–water partition coefficient (Wildman–Crippen LogP) is 5.99. The zero-order valence-electron chi connectivity index (χ0n) is 19.6. The summed E-state index contributed by atoms with van der Waals surface area (Å²) in [5.74, 6) is 0.0132. The number of hydrogen-bond acceptors (Lipinski definition) is 3. The van der Waals surface area contributed by atoms with Crippen LogP contribution in [-0.4, -0.2) is 34.6 Å². The maximum atomic E-state index is 13.6. The lowest BCUT2D eigenvalue weighted by Crippen LogP contribution is -2.52. The molecule has 3 aromatic rings. The zero-order chi connectivity index (χ0) is 24.3. The van der Waals surface area contributed by atoms with Gasteiger partial charge in [-0.3, -0.25) is 9.59 Å². The molecule has 0 aliphatic heterocycles. The molecule has 0 bridgehead atoms. The van der Waals surface area contributed by atoms with Crippen LogP contribution in [0, 0.1) is 0 Å². The van der Waals surface area contributed by atoms with Gasteiger partial charge in [-0.05, 0) is 48.7 Å². The fraction of sp³-hybridized carbons (Fsp3) is 0.286. The van der Waals surface area contributed by atoms with Gasteiger partial charge < -0.3 is 10.2 Å². The molecule has 0 aliphatic carbocycles. The van der Waals surface area contributed by atoms with Gasteiger partial charge in [0.1, 0.15) is 6.04 Å². The second-order valence-electron chi connectivity index (χ2n) is 8.28.